The summed E-state index contributed by atoms with van der Waals surface area (Å²) in [7, 11) is 0.140. The molecule has 0 radical (unpaired) electrons. The van der Waals surface area contributed by atoms with Gasteiger partial charge >= 0.3 is 0 Å². The molecular formula is C16H23NOSi2. The van der Waals surface area contributed by atoms with Crippen LogP contribution in [0.1, 0.15) is 11.1 Å². The first kappa shape index (κ1) is 16.7. The lowest BCUT2D eigenvalue weighted by molar-refractivity contribution is 0.570. The molecule has 2 nitrogen and oxygen atoms in total. The van der Waals surface area contributed by atoms with Gasteiger partial charge < -0.3 is 9.36 Å². The lowest BCUT2D eigenvalue weighted by Crippen LogP contribution is -2.42. The molecule has 0 aliphatic heterocycles. The molecule has 0 bridgehead atoms. The van der Waals surface area contributed by atoms with Gasteiger partial charge in [-0.05, 0) is 52.4 Å². The van der Waals surface area contributed by atoms with Gasteiger partial charge in [0.25, 0.3) is 8.32 Å². The van der Waals surface area contributed by atoms with E-state index in [4.69, 9.17) is 0 Å². The van der Waals surface area contributed by atoms with Crippen LogP contribution in [0.15, 0.2) is 24.3 Å². The summed E-state index contributed by atoms with van der Waals surface area (Å²) in [5, 5.41) is 0. The summed E-state index contributed by atoms with van der Waals surface area (Å²) < 4.78 is 2.22. The molecule has 0 atom stereocenters. The van der Waals surface area contributed by atoms with Crippen molar-refractivity contribution in [2.45, 2.75) is 26.2 Å². The Morgan fingerprint density at radius 1 is 0.900 bits per heavy atom. The fraction of sp³-hybridized carbons (Fsp3) is 0.375. The Bertz CT molecular complexity index is 593. The van der Waals surface area contributed by atoms with Crippen molar-refractivity contribution in [3.05, 3.63) is 35.4 Å². The second-order valence-electron chi connectivity index (χ2n) is 6.06. The van der Waals surface area contributed by atoms with E-state index in [1.165, 1.54) is 0 Å². The Labute approximate surface area is 125 Å². The van der Waals surface area contributed by atoms with Crippen molar-refractivity contribution >= 4 is 16.6 Å². The summed E-state index contributed by atoms with van der Waals surface area (Å²) in [5.41, 5.74) is 8.23. The third kappa shape index (κ3) is 5.36. The van der Waals surface area contributed by atoms with Crippen molar-refractivity contribution in [3.8, 4) is 22.9 Å². The predicted molar refractivity (Wildman–Crippen MR) is 91.1 cm³/mol. The summed E-state index contributed by atoms with van der Waals surface area (Å²) in [4.78, 5) is 9.83. The maximum Gasteiger partial charge on any atom is 0.263 e. The molecule has 0 saturated carbocycles. The Morgan fingerprint density at radius 3 is 1.75 bits per heavy atom. The molecule has 0 amide bonds. The highest BCUT2D eigenvalue weighted by molar-refractivity contribution is 6.82. The molecule has 1 rings (SSSR count). The zero-order valence-corrected chi connectivity index (χ0v) is 15.2. The highest BCUT2D eigenvalue weighted by atomic mass is 28.4. The molecule has 1 aromatic rings. The molecule has 0 aliphatic carbocycles. The van der Waals surface area contributed by atoms with Gasteiger partial charge in [0, 0.05) is 11.1 Å². The molecule has 106 valence electrons. The van der Waals surface area contributed by atoms with Crippen LogP contribution in [-0.4, -0.2) is 40.0 Å². The number of nitrogens with zero attached hydrogens (tertiary/aromatic N) is 1. The van der Waals surface area contributed by atoms with Crippen LogP contribution in [0.25, 0.3) is 0 Å². The van der Waals surface area contributed by atoms with Crippen LogP contribution in [0.3, 0.4) is 0 Å². The molecule has 0 spiro atoms. The minimum atomic E-state index is -2.35. The third-order valence-electron chi connectivity index (χ3n) is 3.05. The monoisotopic (exact) mass is 301 g/mol. The average Bonchev–Trinajstić information content (AvgIpc) is 2.33. The van der Waals surface area contributed by atoms with Gasteiger partial charge in [-0.15, -0.1) is 5.54 Å². The molecule has 20 heavy (non-hydrogen) atoms. The number of hydrogen-bond acceptors (Lipinski definition) is 2. The molecule has 0 saturated heterocycles. The number of hydrogen-bond donors (Lipinski definition) is 1. The highest BCUT2D eigenvalue weighted by Crippen LogP contribution is 2.08. The summed E-state index contributed by atoms with van der Waals surface area (Å²) in [6.45, 7) is 8.07. The van der Waals surface area contributed by atoms with Gasteiger partial charge in [0.2, 0.25) is 8.24 Å². The summed E-state index contributed by atoms with van der Waals surface area (Å²) in [6, 6.07) is 7.88. The molecule has 1 aromatic carbocycles. The van der Waals surface area contributed by atoms with Crippen LogP contribution < -0.4 is 0 Å². The van der Waals surface area contributed by atoms with Gasteiger partial charge in [-0.2, -0.15) is 0 Å². The van der Waals surface area contributed by atoms with Crippen molar-refractivity contribution in [3.63, 3.8) is 0 Å². The van der Waals surface area contributed by atoms with Gasteiger partial charge in [-0.1, -0.05) is 29.5 Å². The van der Waals surface area contributed by atoms with E-state index in [1.54, 1.807) is 0 Å². The van der Waals surface area contributed by atoms with E-state index in [9.17, 15) is 4.80 Å². The number of benzene rings is 1. The summed E-state index contributed by atoms with van der Waals surface area (Å²) >= 11 is 0. The lowest BCUT2D eigenvalue weighted by Gasteiger charge is -2.23. The van der Waals surface area contributed by atoms with E-state index in [1.807, 2.05) is 37.4 Å². The largest absolute Gasteiger partial charge is 0.422 e. The van der Waals surface area contributed by atoms with Crippen molar-refractivity contribution in [2.75, 3.05) is 14.1 Å². The minimum absolute atomic E-state index is 0.901. The second-order valence-corrected chi connectivity index (χ2v) is 13.7. The van der Waals surface area contributed by atoms with Gasteiger partial charge in [-0.25, -0.2) is 0 Å². The van der Waals surface area contributed by atoms with E-state index in [-0.39, 0.29) is 0 Å². The second kappa shape index (κ2) is 6.43. The van der Waals surface area contributed by atoms with Crippen LogP contribution in [0.4, 0.5) is 0 Å². The zero-order chi connectivity index (χ0) is 15.4. The molecule has 0 aliphatic rings. The molecule has 0 heterocycles. The minimum Gasteiger partial charge on any atom is -0.422 e. The normalized spacial score (nSPS) is 11.4. The van der Waals surface area contributed by atoms with Crippen LogP contribution in [-0.2, 0) is 0 Å². The smallest absolute Gasteiger partial charge is 0.263 e. The van der Waals surface area contributed by atoms with Gasteiger partial charge in [0.05, 0.1) is 0 Å². The van der Waals surface area contributed by atoms with E-state index in [2.05, 4.69) is 54.7 Å². The van der Waals surface area contributed by atoms with E-state index >= 15 is 0 Å². The topological polar surface area (TPSA) is 23.5 Å². The quantitative estimate of drug-likeness (QED) is 0.636. The Kier molecular flexibility index (Phi) is 5.38. The van der Waals surface area contributed by atoms with Crippen molar-refractivity contribution in [1.82, 2.24) is 4.57 Å². The van der Waals surface area contributed by atoms with Crippen LogP contribution in [0, 0.1) is 22.9 Å². The van der Waals surface area contributed by atoms with Crippen molar-refractivity contribution in [2.24, 2.45) is 0 Å². The molecule has 1 N–H and O–H groups in total. The van der Waals surface area contributed by atoms with Gasteiger partial charge in [0.15, 0.2) is 0 Å². The first-order valence-electron chi connectivity index (χ1n) is 6.67. The fourth-order valence-electron chi connectivity index (χ4n) is 1.25. The molecule has 0 unspecified atom stereocenters. The predicted octanol–water partition coefficient (Wildman–Crippen LogP) is 2.43. The Morgan fingerprint density at radius 2 is 1.35 bits per heavy atom. The van der Waals surface area contributed by atoms with Gasteiger partial charge in [-0.3, -0.25) is 0 Å². The fourth-order valence-corrected chi connectivity index (χ4v) is 2.36. The number of rotatable bonds is 1. The van der Waals surface area contributed by atoms with E-state index in [0.29, 0.717) is 0 Å². The average molecular weight is 302 g/mol. The third-order valence-corrected chi connectivity index (χ3v) is 6.76. The van der Waals surface area contributed by atoms with Crippen LogP contribution in [0.5, 0.6) is 0 Å². The lowest BCUT2D eigenvalue weighted by atomic mass is 10.1. The van der Waals surface area contributed by atoms with Crippen molar-refractivity contribution in [1.29, 1.82) is 0 Å². The molecule has 0 aromatic heterocycles. The standard InChI is InChI=1S/C16H23NOSi2/c1-17(2)19(3,4)13-11-15-9-7-8-10-16(15)12-14-20(5,6)18/h7-10,18H,1-6H3. The van der Waals surface area contributed by atoms with Crippen LogP contribution in [0.2, 0.25) is 26.2 Å². The molecular weight excluding hydrogens is 278 g/mol. The first-order chi connectivity index (χ1) is 9.12. The van der Waals surface area contributed by atoms with Crippen LogP contribution >= 0.6 is 0 Å². The summed E-state index contributed by atoms with van der Waals surface area (Å²) in [6.07, 6.45) is 0. The summed E-state index contributed by atoms with van der Waals surface area (Å²) in [5.74, 6) is 6.35. The van der Waals surface area contributed by atoms with E-state index < -0.39 is 16.6 Å². The maximum absolute atomic E-state index is 9.83. The van der Waals surface area contributed by atoms with E-state index in [0.717, 1.165) is 11.1 Å². The van der Waals surface area contributed by atoms with Crippen molar-refractivity contribution < 1.29 is 4.80 Å². The maximum atomic E-state index is 9.83. The highest BCUT2D eigenvalue weighted by Gasteiger charge is 2.20. The zero-order valence-electron chi connectivity index (χ0n) is 13.2. The Hall–Kier alpha value is -1.31. The first-order valence-corrected chi connectivity index (χ1v) is 12.6. The Balaban J connectivity index is 3.16. The SMILES string of the molecule is CN(C)[Si](C)(C)C#Cc1ccccc1C#C[Si](C)(C)O. The molecule has 4 heteroatoms. The molecule has 0 fully saturated rings. The van der Waals surface area contributed by atoms with Gasteiger partial charge in [0.1, 0.15) is 0 Å².